The lowest BCUT2D eigenvalue weighted by molar-refractivity contribution is -0.140. The number of carboxylic acids is 1. The molecule has 0 bridgehead atoms. The fourth-order valence-corrected chi connectivity index (χ4v) is 1.88. The highest BCUT2D eigenvalue weighted by Crippen LogP contribution is 2.17. The van der Waals surface area contributed by atoms with Gasteiger partial charge in [0.1, 0.15) is 0 Å². The van der Waals surface area contributed by atoms with Gasteiger partial charge in [0.2, 0.25) is 0 Å². The van der Waals surface area contributed by atoms with Crippen LogP contribution in [0.5, 0.6) is 0 Å². The van der Waals surface area contributed by atoms with Gasteiger partial charge >= 0.3 is 12.0 Å². The summed E-state index contributed by atoms with van der Waals surface area (Å²) in [6, 6.07) is -0.624. The predicted octanol–water partition coefficient (Wildman–Crippen LogP) is 0.0819. The molecule has 6 nitrogen and oxygen atoms in total. The van der Waals surface area contributed by atoms with Gasteiger partial charge in [-0.2, -0.15) is 0 Å². The molecule has 1 rings (SSSR count). The Balaban J connectivity index is 2.28. The van der Waals surface area contributed by atoms with E-state index >= 15 is 0 Å². The van der Waals surface area contributed by atoms with Crippen LogP contribution in [-0.4, -0.2) is 45.4 Å². The standard InChI is InChI=1S/C11H18N2O4S/c1-7(18(2)17)6-12-11(16)13-9-4-3-8(5-9)10(14)15/h3-4,7-9H,5-6H2,1-2H3,(H,14,15)(H2,12,13,16). The molecule has 1 aliphatic carbocycles. The first kappa shape index (κ1) is 14.7. The zero-order valence-corrected chi connectivity index (χ0v) is 11.2. The van der Waals surface area contributed by atoms with E-state index in [9.17, 15) is 13.8 Å². The van der Waals surface area contributed by atoms with Crippen molar-refractivity contribution in [3.05, 3.63) is 12.2 Å². The monoisotopic (exact) mass is 274 g/mol. The molecule has 1 aliphatic rings. The van der Waals surface area contributed by atoms with Crippen LogP contribution < -0.4 is 10.6 Å². The number of carbonyl (C=O) groups excluding carboxylic acids is 1. The number of aliphatic carboxylic acids is 1. The average Bonchev–Trinajstić information content (AvgIpc) is 2.74. The Labute approximate surface area is 108 Å². The van der Waals surface area contributed by atoms with E-state index in [-0.39, 0.29) is 17.3 Å². The fourth-order valence-electron chi connectivity index (χ4n) is 1.56. The molecule has 0 aromatic heterocycles. The molecule has 4 unspecified atom stereocenters. The fraction of sp³-hybridized carbons (Fsp3) is 0.636. The van der Waals surface area contributed by atoms with Crippen molar-refractivity contribution in [1.82, 2.24) is 10.6 Å². The third kappa shape index (κ3) is 4.48. The minimum atomic E-state index is -0.977. The summed E-state index contributed by atoms with van der Waals surface area (Å²) in [7, 11) is -0.977. The molecule has 18 heavy (non-hydrogen) atoms. The molecule has 7 heteroatoms. The number of hydrogen-bond acceptors (Lipinski definition) is 3. The number of carboxylic acid groups (broad SMARTS) is 1. The van der Waals surface area contributed by atoms with Gasteiger partial charge < -0.3 is 15.7 Å². The molecule has 0 spiro atoms. The predicted molar refractivity (Wildman–Crippen MR) is 68.7 cm³/mol. The molecule has 0 aromatic carbocycles. The van der Waals surface area contributed by atoms with E-state index < -0.39 is 22.7 Å². The van der Waals surface area contributed by atoms with Crippen molar-refractivity contribution < 1.29 is 18.9 Å². The van der Waals surface area contributed by atoms with Gasteiger partial charge in [-0.15, -0.1) is 0 Å². The van der Waals surface area contributed by atoms with E-state index in [0.29, 0.717) is 13.0 Å². The van der Waals surface area contributed by atoms with Crippen molar-refractivity contribution in [3.63, 3.8) is 0 Å². The number of amides is 2. The second-order valence-electron chi connectivity index (χ2n) is 4.34. The molecular formula is C11H18N2O4S. The van der Waals surface area contributed by atoms with Crippen LogP contribution in [0.25, 0.3) is 0 Å². The quantitative estimate of drug-likeness (QED) is 0.619. The molecule has 0 saturated carbocycles. The zero-order chi connectivity index (χ0) is 13.7. The third-order valence-electron chi connectivity index (χ3n) is 2.83. The van der Waals surface area contributed by atoms with Gasteiger partial charge in [0.05, 0.1) is 12.0 Å². The molecule has 0 aromatic rings. The maximum absolute atomic E-state index is 11.5. The number of hydrogen-bond donors (Lipinski definition) is 3. The Hall–Kier alpha value is -1.37. The summed E-state index contributed by atoms with van der Waals surface area (Å²) < 4.78 is 11.1. The second kappa shape index (κ2) is 6.53. The van der Waals surface area contributed by atoms with Crippen LogP contribution in [0.15, 0.2) is 12.2 Å². The van der Waals surface area contributed by atoms with Crippen LogP contribution in [0.3, 0.4) is 0 Å². The lowest BCUT2D eigenvalue weighted by Gasteiger charge is -2.14. The molecule has 0 saturated heterocycles. The van der Waals surface area contributed by atoms with Crippen LogP contribution >= 0.6 is 0 Å². The van der Waals surface area contributed by atoms with E-state index in [1.165, 1.54) is 0 Å². The van der Waals surface area contributed by atoms with Crippen LogP contribution in [0.1, 0.15) is 13.3 Å². The maximum Gasteiger partial charge on any atom is 0.315 e. The van der Waals surface area contributed by atoms with E-state index in [4.69, 9.17) is 5.11 Å². The molecule has 0 heterocycles. The van der Waals surface area contributed by atoms with Crippen molar-refractivity contribution >= 4 is 22.8 Å². The Bertz CT molecular complexity index is 383. The normalized spacial score (nSPS) is 25.4. The summed E-state index contributed by atoms with van der Waals surface area (Å²) >= 11 is 0. The first-order chi connectivity index (χ1) is 8.40. The highest BCUT2D eigenvalue weighted by Gasteiger charge is 2.25. The van der Waals surface area contributed by atoms with Gasteiger partial charge in [0, 0.05) is 28.9 Å². The van der Waals surface area contributed by atoms with Crippen molar-refractivity contribution in [2.75, 3.05) is 12.8 Å². The Kier molecular flexibility index (Phi) is 5.33. The summed E-state index contributed by atoms with van der Waals surface area (Å²) in [6.45, 7) is 2.11. The van der Waals surface area contributed by atoms with Crippen molar-refractivity contribution in [2.45, 2.75) is 24.6 Å². The van der Waals surface area contributed by atoms with Gasteiger partial charge in [0.15, 0.2) is 0 Å². The van der Waals surface area contributed by atoms with Crippen molar-refractivity contribution in [1.29, 1.82) is 0 Å². The Morgan fingerprint density at radius 1 is 1.50 bits per heavy atom. The molecule has 0 radical (unpaired) electrons. The average molecular weight is 274 g/mol. The minimum Gasteiger partial charge on any atom is -0.481 e. The van der Waals surface area contributed by atoms with E-state index in [0.717, 1.165) is 0 Å². The number of carbonyl (C=O) groups is 2. The summed E-state index contributed by atoms with van der Waals surface area (Å²) in [4.78, 5) is 22.2. The molecule has 3 N–H and O–H groups in total. The minimum absolute atomic E-state index is 0.110. The smallest absolute Gasteiger partial charge is 0.315 e. The summed E-state index contributed by atoms with van der Waals surface area (Å²) in [6.07, 6.45) is 5.22. The lowest BCUT2D eigenvalue weighted by atomic mass is 10.1. The summed E-state index contributed by atoms with van der Waals surface area (Å²) in [5.74, 6) is -1.41. The topological polar surface area (TPSA) is 95.5 Å². The molecule has 2 amide bonds. The van der Waals surface area contributed by atoms with E-state index in [1.54, 1.807) is 25.3 Å². The first-order valence-electron chi connectivity index (χ1n) is 5.68. The molecule has 0 fully saturated rings. The Morgan fingerprint density at radius 3 is 2.67 bits per heavy atom. The van der Waals surface area contributed by atoms with Gasteiger partial charge in [-0.1, -0.05) is 12.2 Å². The SMILES string of the molecule is CC(CNC(=O)NC1C=CC(C(=O)O)C1)S(C)=O. The number of urea groups is 1. The van der Waals surface area contributed by atoms with Gasteiger partial charge in [0.25, 0.3) is 0 Å². The van der Waals surface area contributed by atoms with Crippen molar-refractivity contribution in [2.24, 2.45) is 5.92 Å². The number of rotatable bonds is 5. The first-order valence-corrected chi connectivity index (χ1v) is 7.30. The van der Waals surface area contributed by atoms with E-state index in [1.807, 2.05) is 0 Å². The summed E-state index contributed by atoms with van der Waals surface area (Å²) in [5.41, 5.74) is 0. The second-order valence-corrected chi connectivity index (χ2v) is 6.14. The maximum atomic E-state index is 11.5. The molecule has 102 valence electrons. The van der Waals surface area contributed by atoms with Gasteiger partial charge in [-0.25, -0.2) is 4.79 Å². The zero-order valence-electron chi connectivity index (χ0n) is 10.4. The molecule has 4 atom stereocenters. The highest BCUT2D eigenvalue weighted by molar-refractivity contribution is 7.84. The van der Waals surface area contributed by atoms with E-state index in [2.05, 4.69) is 10.6 Å². The van der Waals surface area contributed by atoms with Crippen LogP contribution in [0.4, 0.5) is 4.79 Å². The van der Waals surface area contributed by atoms with Gasteiger partial charge in [-0.3, -0.25) is 9.00 Å². The highest BCUT2D eigenvalue weighted by atomic mass is 32.2. The largest absolute Gasteiger partial charge is 0.481 e. The number of nitrogens with one attached hydrogen (secondary N) is 2. The van der Waals surface area contributed by atoms with Crippen LogP contribution in [0, 0.1) is 5.92 Å². The Morgan fingerprint density at radius 2 is 2.17 bits per heavy atom. The lowest BCUT2D eigenvalue weighted by Crippen LogP contribution is -2.43. The third-order valence-corrected chi connectivity index (χ3v) is 4.13. The van der Waals surface area contributed by atoms with Crippen LogP contribution in [0.2, 0.25) is 0 Å². The molecule has 0 aliphatic heterocycles. The van der Waals surface area contributed by atoms with Crippen LogP contribution in [-0.2, 0) is 15.6 Å². The molecular weight excluding hydrogens is 256 g/mol. The van der Waals surface area contributed by atoms with Crippen molar-refractivity contribution in [3.8, 4) is 0 Å². The van der Waals surface area contributed by atoms with Gasteiger partial charge in [-0.05, 0) is 13.3 Å². The summed E-state index contributed by atoms with van der Waals surface area (Å²) in [5, 5.41) is 13.9.